The number of alkyl halides is 3. The van der Waals surface area contributed by atoms with Gasteiger partial charge in [0, 0.05) is 23.5 Å². The number of rotatable bonds is 4. The Labute approximate surface area is 119 Å². The van der Waals surface area contributed by atoms with Gasteiger partial charge in [0.15, 0.2) is 0 Å². The number of hydrogen-bond acceptors (Lipinski definition) is 3. The predicted molar refractivity (Wildman–Crippen MR) is 72.4 cm³/mol. The van der Waals surface area contributed by atoms with Gasteiger partial charge in [-0.25, -0.2) is 0 Å². The molecular weight excluding hydrogens is 283 g/mol. The van der Waals surface area contributed by atoms with Crippen LogP contribution in [0.25, 0.3) is 16.9 Å². The SMILES string of the molecule is C=C(OC)c1cncc(-c2ccc(OC(F)(F)F)cc2)c1. The highest BCUT2D eigenvalue weighted by atomic mass is 19.4. The molecule has 0 spiro atoms. The van der Waals surface area contributed by atoms with Gasteiger partial charge in [0.25, 0.3) is 0 Å². The van der Waals surface area contributed by atoms with Crippen LogP contribution in [0, 0.1) is 0 Å². The van der Waals surface area contributed by atoms with E-state index in [1.807, 2.05) is 0 Å². The molecule has 0 atom stereocenters. The van der Waals surface area contributed by atoms with E-state index in [0.717, 1.165) is 5.56 Å². The lowest BCUT2D eigenvalue weighted by atomic mass is 10.1. The van der Waals surface area contributed by atoms with Gasteiger partial charge in [0.1, 0.15) is 11.5 Å². The summed E-state index contributed by atoms with van der Waals surface area (Å²) in [4.78, 5) is 4.06. The normalized spacial score (nSPS) is 11.0. The molecule has 0 aliphatic heterocycles. The summed E-state index contributed by atoms with van der Waals surface area (Å²) in [6.45, 7) is 3.73. The molecule has 1 heterocycles. The van der Waals surface area contributed by atoms with Crippen LogP contribution in [0.4, 0.5) is 13.2 Å². The summed E-state index contributed by atoms with van der Waals surface area (Å²) in [5, 5.41) is 0. The van der Waals surface area contributed by atoms with Crippen molar-refractivity contribution in [2.45, 2.75) is 6.36 Å². The number of hydrogen-bond donors (Lipinski definition) is 0. The molecule has 1 aromatic carbocycles. The van der Waals surface area contributed by atoms with Crippen molar-refractivity contribution in [2.24, 2.45) is 0 Å². The molecule has 3 nitrogen and oxygen atoms in total. The maximum Gasteiger partial charge on any atom is 0.573 e. The van der Waals surface area contributed by atoms with Gasteiger partial charge in [-0.3, -0.25) is 4.98 Å². The molecule has 0 unspecified atom stereocenters. The van der Waals surface area contributed by atoms with Crippen LogP contribution in [0.3, 0.4) is 0 Å². The summed E-state index contributed by atoms with van der Waals surface area (Å²) in [7, 11) is 1.50. The summed E-state index contributed by atoms with van der Waals surface area (Å²) in [6.07, 6.45) is -1.50. The van der Waals surface area contributed by atoms with Crippen LogP contribution in [-0.2, 0) is 4.74 Å². The average molecular weight is 295 g/mol. The molecule has 0 saturated heterocycles. The van der Waals surface area contributed by atoms with Crippen molar-refractivity contribution < 1.29 is 22.6 Å². The number of methoxy groups -OCH3 is 1. The standard InChI is InChI=1S/C15H12F3NO2/c1-10(20-2)12-7-13(9-19-8-12)11-3-5-14(6-4-11)21-15(16,17)18/h3-9H,1H2,2H3. The van der Waals surface area contributed by atoms with Crippen molar-refractivity contribution in [2.75, 3.05) is 7.11 Å². The molecule has 0 bridgehead atoms. The topological polar surface area (TPSA) is 31.4 Å². The van der Waals surface area contributed by atoms with E-state index >= 15 is 0 Å². The van der Waals surface area contributed by atoms with Crippen molar-refractivity contribution in [3.05, 3.63) is 54.9 Å². The lowest BCUT2D eigenvalue weighted by Crippen LogP contribution is -2.16. The van der Waals surface area contributed by atoms with Gasteiger partial charge >= 0.3 is 6.36 Å². The molecule has 0 aliphatic rings. The monoisotopic (exact) mass is 295 g/mol. The van der Waals surface area contributed by atoms with Gasteiger partial charge in [-0.2, -0.15) is 0 Å². The zero-order chi connectivity index (χ0) is 15.5. The van der Waals surface area contributed by atoms with Gasteiger partial charge in [0.2, 0.25) is 0 Å². The number of nitrogens with zero attached hydrogens (tertiary/aromatic N) is 1. The molecule has 1 aromatic heterocycles. The van der Waals surface area contributed by atoms with Crippen molar-refractivity contribution >= 4 is 5.76 Å². The molecule has 2 aromatic rings. The quantitative estimate of drug-likeness (QED) is 0.790. The molecule has 0 aliphatic carbocycles. The fourth-order valence-electron chi connectivity index (χ4n) is 1.72. The predicted octanol–water partition coefficient (Wildman–Crippen LogP) is 4.26. The molecule has 6 heteroatoms. The van der Waals surface area contributed by atoms with E-state index in [2.05, 4.69) is 16.3 Å². The fourth-order valence-corrected chi connectivity index (χ4v) is 1.72. The molecule has 2 rings (SSSR count). The maximum absolute atomic E-state index is 12.1. The maximum atomic E-state index is 12.1. The van der Waals surface area contributed by atoms with Crippen molar-refractivity contribution in [3.63, 3.8) is 0 Å². The minimum Gasteiger partial charge on any atom is -0.497 e. The average Bonchev–Trinajstić information content (AvgIpc) is 2.45. The number of pyridine rings is 1. The van der Waals surface area contributed by atoms with Crippen molar-refractivity contribution in [1.82, 2.24) is 4.98 Å². The van der Waals surface area contributed by atoms with Crippen LogP contribution >= 0.6 is 0 Å². The number of ether oxygens (including phenoxy) is 2. The van der Waals surface area contributed by atoms with E-state index in [1.54, 1.807) is 18.5 Å². The largest absolute Gasteiger partial charge is 0.573 e. The highest BCUT2D eigenvalue weighted by Gasteiger charge is 2.30. The zero-order valence-electron chi connectivity index (χ0n) is 11.1. The van der Waals surface area contributed by atoms with E-state index in [9.17, 15) is 13.2 Å². The first kappa shape index (κ1) is 14.9. The summed E-state index contributed by atoms with van der Waals surface area (Å²) < 4.78 is 45.1. The lowest BCUT2D eigenvalue weighted by molar-refractivity contribution is -0.274. The Balaban J connectivity index is 2.25. The Morgan fingerprint density at radius 3 is 2.33 bits per heavy atom. The van der Waals surface area contributed by atoms with E-state index in [-0.39, 0.29) is 5.75 Å². The molecule has 0 fully saturated rings. The molecule has 0 N–H and O–H groups in total. The van der Waals surface area contributed by atoms with E-state index in [4.69, 9.17) is 4.74 Å². The number of benzene rings is 1. The summed E-state index contributed by atoms with van der Waals surface area (Å²) >= 11 is 0. The van der Waals surface area contributed by atoms with Crippen molar-refractivity contribution in [3.8, 4) is 16.9 Å². The molecular formula is C15H12F3NO2. The van der Waals surface area contributed by atoms with Gasteiger partial charge in [-0.15, -0.1) is 13.2 Å². The first-order chi connectivity index (χ1) is 9.89. The van der Waals surface area contributed by atoms with E-state index in [1.165, 1.54) is 31.4 Å². The fraction of sp³-hybridized carbons (Fsp3) is 0.133. The number of halogens is 3. The van der Waals surface area contributed by atoms with Crippen LogP contribution in [0.15, 0.2) is 49.3 Å². The summed E-state index contributed by atoms with van der Waals surface area (Å²) in [6, 6.07) is 7.34. The molecule has 21 heavy (non-hydrogen) atoms. The van der Waals surface area contributed by atoms with E-state index in [0.29, 0.717) is 16.9 Å². The van der Waals surface area contributed by atoms with Crippen molar-refractivity contribution in [1.29, 1.82) is 0 Å². The van der Waals surface area contributed by atoms with Gasteiger partial charge < -0.3 is 9.47 Å². The van der Waals surface area contributed by atoms with E-state index < -0.39 is 6.36 Å². The molecule has 0 amide bonds. The number of aromatic nitrogens is 1. The van der Waals surface area contributed by atoms with Gasteiger partial charge in [-0.05, 0) is 23.8 Å². The molecule has 110 valence electrons. The Morgan fingerprint density at radius 1 is 1.10 bits per heavy atom. The van der Waals surface area contributed by atoms with Crippen LogP contribution in [0.2, 0.25) is 0 Å². The summed E-state index contributed by atoms with van der Waals surface area (Å²) in [5.74, 6) is 0.193. The third-order valence-electron chi connectivity index (χ3n) is 2.73. The van der Waals surface area contributed by atoms with Crippen LogP contribution in [0.1, 0.15) is 5.56 Å². The minimum atomic E-state index is -4.70. The van der Waals surface area contributed by atoms with Crippen LogP contribution in [-0.4, -0.2) is 18.5 Å². The second kappa shape index (κ2) is 5.87. The Morgan fingerprint density at radius 2 is 1.76 bits per heavy atom. The van der Waals surface area contributed by atoms with Gasteiger partial charge in [0.05, 0.1) is 7.11 Å². The third-order valence-corrected chi connectivity index (χ3v) is 2.73. The Kier molecular flexibility index (Phi) is 4.16. The Bertz CT molecular complexity index is 636. The van der Waals surface area contributed by atoms with Gasteiger partial charge in [-0.1, -0.05) is 18.7 Å². The highest BCUT2D eigenvalue weighted by Crippen LogP contribution is 2.27. The molecule has 0 radical (unpaired) electrons. The third kappa shape index (κ3) is 3.98. The smallest absolute Gasteiger partial charge is 0.497 e. The van der Waals surface area contributed by atoms with Crippen LogP contribution in [0.5, 0.6) is 5.75 Å². The zero-order valence-corrected chi connectivity index (χ0v) is 11.1. The minimum absolute atomic E-state index is 0.267. The lowest BCUT2D eigenvalue weighted by Gasteiger charge is -2.10. The first-order valence-corrected chi connectivity index (χ1v) is 5.93. The summed E-state index contributed by atoms with van der Waals surface area (Å²) in [5.41, 5.74) is 2.15. The second-order valence-corrected chi connectivity index (χ2v) is 4.16. The second-order valence-electron chi connectivity index (χ2n) is 4.16. The highest BCUT2D eigenvalue weighted by molar-refractivity contribution is 5.68. The molecule has 0 saturated carbocycles. The first-order valence-electron chi connectivity index (χ1n) is 5.93. The van der Waals surface area contributed by atoms with Crippen LogP contribution < -0.4 is 4.74 Å². The Hall–Kier alpha value is -2.50.